The summed E-state index contributed by atoms with van der Waals surface area (Å²) in [5, 5.41) is 2.91. The Morgan fingerprint density at radius 2 is 1.26 bits per heavy atom. The minimum Gasteiger partial charge on any atom is -0.352 e. The maximum absolute atomic E-state index is 12.8. The fraction of sp³-hybridized carbons (Fsp3) is 0.458. The van der Waals surface area contributed by atoms with Crippen LogP contribution in [0.25, 0.3) is 0 Å². The van der Waals surface area contributed by atoms with Crippen LogP contribution >= 0.6 is 15.9 Å². The minimum atomic E-state index is -3.58. The largest absolute Gasteiger partial charge is 0.352 e. The maximum atomic E-state index is 12.8. The van der Waals surface area contributed by atoms with Gasteiger partial charge in [0.05, 0.1) is 9.79 Å². The van der Waals surface area contributed by atoms with E-state index in [2.05, 4.69) is 21.2 Å². The third kappa shape index (κ3) is 6.14. The summed E-state index contributed by atoms with van der Waals surface area (Å²) < 4.78 is 55.0. The summed E-state index contributed by atoms with van der Waals surface area (Å²) in [4.78, 5) is 13.2. The lowest BCUT2D eigenvalue weighted by molar-refractivity contribution is -0.126. The predicted octanol–water partition coefficient (Wildman–Crippen LogP) is 3.34. The molecular weight excluding hydrogens is 554 g/mol. The predicted molar refractivity (Wildman–Crippen MR) is 137 cm³/mol. The normalized spacial score (nSPS) is 18.9. The van der Waals surface area contributed by atoms with Crippen molar-refractivity contribution in [2.24, 2.45) is 5.92 Å². The molecule has 2 heterocycles. The molecule has 2 aromatic carbocycles. The van der Waals surface area contributed by atoms with E-state index >= 15 is 0 Å². The SMILES string of the molecule is O=C(NCc1ccc(S(=O)(=O)N2CCCCC2)cc1)C1CCN(S(=O)(=O)c2ccc(Br)cc2)CC1. The summed E-state index contributed by atoms with van der Waals surface area (Å²) >= 11 is 3.31. The third-order valence-corrected chi connectivity index (χ3v) is 11.0. The molecule has 0 atom stereocenters. The van der Waals surface area contributed by atoms with E-state index in [4.69, 9.17) is 0 Å². The van der Waals surface area contributed by atoms with Crippen molar-refractivity contribution < 1.29 is 21.6 Å². The number of hydrogen-bond donors (Lipinski definition) is 1. The second kappa shape index (κ2) is 11.1. The van der Waals surface area contributed by atoms with Crippen LogP contribution in [0.2, 0.25) is 0 Å². The summed E-state index contributed by atoms with van der Waals surface area (Å²) in [7, 11) is -7.06. The molecule has 0 aliphatic carbocycles. The maximum Gasteiger partial charge on any atom is 0.243 e. The van der Waals surface area contributed by atoms with Gasteiger partial charge >= 0.3 is 0 Å². The lowest BCUT2D eigenvalue weighted by atomic mass is 9.97. The first kappa shape index (κ1) is 26.3. The molecule has 2 aromatic rings. The molecule has 0 unspecified atom stereocenters. The van der Waals surface area contributed by atoms with Gasteiger partial charge in [0.1, 0.15) is 0 Å². The number of rotatable bonds is 7. The Labute approximate surface area is 215 Å². The highest BCUT2D eigenvalue weighted by Gasteiger charge is 2.32. The van der Waals surface area contributed by atoms with Gasteiger partial charge in [0.2, 0.25) is 26.0 Å². The smallest absolute Gasteiger partial charge is 0.243 e. The number of hydrogen-bond acceptors (Lipinski definition) is 5. The first-order valence-electron chi connectivity index (χ1n) is 11.8. The summed E-state index contributed by atoms with van der Waals surface area (Å²) in [6.07, 6.45) is 3.74. The van der Waals surface area contributed by atoms with Crippen LogP contribution in [-0.4, -0.2) is 57.5 Å². The molecule has 0 saturated carbocycles. The Kier molecular flexibility index (Phi) is 8.32. The average Bonchev–Trinajstić information content (AvgIpc) is 2.88. The molecule has 0 radical (unpaired) electrons. The number of benzene rings is 2. The number of halogens is 1. The molecule has 0 aromatic heterocycles. The number of amides is 1. The van der Waals surface area contributed by atoms with Crippen LogP contribution < -0.4 is 5.32 Å². The van der Waals surface area contributed by atoms with E-state index in [-0.39, 0.29) is 21.6 Å². The Hall–Kier alpha value is -1.79. The van der Waals surface area contributed by atoms with Crippen LogP contribution in [-0.2, 0) is 31.4 Å². The fourth-order valence-electron chi connectivity index (χ4n) is 4.48. The molecule has 2 aliphatic heterocycles. The van der Waals surface area contributed by atoms with Crippen molar-refractivity contribution in [3.05, 3.63) is 58.6 Å². The van der Waals surface area contributed by atoms with Crippen LogP contribution in [0.3, 0.4) is 0 Å². The topological polar surface area (TPSA) is 104 Å². The molecule has 1 amide bonds. The number of carbonyl (C=O) groups excluding carboxylic acids is 1. The van der Waals surface area contributed by atoms with E-state index in [1.54, 1.807) is 48.5 Å². The zero-order valence-electron chi connectivity index (χ0n) is 19.4. The number of carbonyl (C=O) groups is 1. The zero-order valence-corrected chi connectivity index (χ0v) is 22.6. The molecule has 0 spiro atoms. The van der Waals surface area contributed by atoms with Crippen molar-refractivity contribution in [1.29, 1.82) is 0 Å². The molecule has 2 fully saturated rings. The van der Waals surface area contributed by atoms with Crippen molar-refractivity contribution in [2.45, 2.75) is 48.4 Å². The molecule has 1 N–H and O–H groups in total. The quantitative estimate of drug-likeness (QED) is 0.538. The van der Waals surface area contributed by atoms with E-state index in [1.807, 2.05) is 0 Å². The lowest BCUT2D eigenvalue weighted by Crippen LogP contribution is -2.42. The van der Waals surface area contributed by atoms with Crippen molar-refractivity contribution in [3.8, 4) is 0 Å². The van der Waals surface area contributed by atoms with E-state index in [0.717, 1.165) is 29.3 Å². The van der Waals surface area contributed by atoms with Crippen LogP contribution in [0.4, 0.5) is 0 Å². The summed E-state index contributed by atoms with van der Waals surface area (Å²) in [5.41, 5.74) is 0.811. The average molecular weight is 585 g/mol. The van der Waals surface area contributed by atoms with Gasteiger partial charge in [-0.2, -0.15) is 8.61 Å². The highest BCUT2D eigenvalue weighted by atomic mass is 79.9. The van der Waals surface area contributed by atoms with Gasteiger partial charge in [0, 0.05) is 43.1 Å². The van der Waals surface area contributed by atoms with Crippen molar-refractivity contribution in [3.63, 3.8) is 0 Å². The molecule has 8 nitrogen and oxygen atoms in total. The van der Waals surface area contributed by atoms with Gasteiger partial charge in [-0.1, -0.05) is 34.5 Å². The van der Waals surface area contributed by atoms with Gasteiger partial charge in [-0.05, 0) is 67.6 Å². The number of nitrogens with one attached hydrogen (secondary N) is 1. The monoisotopic (exact) mass is 583 g/mol. The second-order valence-corrected chi connectivity index (χ2v) is 13.8. The molecular formula is C24H30BrN3O5S2. The summed E-state index contributed by atoms with van der Waals surface area (Å²) in [6, 6.07) is 13.2. The zero-order chi connectivity index (χ0) is 25.1. The molecule has 35 heavy (non-hydrogen) atoms. The highest BCUT2D eigenvalue weighted by Crippen LogP contribution is 2.25. The number of nitrogens with zero attached hydrogens (tertiary/aromatic N) is 2. The van der Waals surface area contributed by atoms with E-state index < -0.39 is 20.0 Å². The molecule has 2 aliphatic rings. The molecule has 190 valence electrons. The van der Waals surface area contributed by atoms with Crippen LogP contribution in [0.1, 0.15) is 37.7 Å². The van der Waals surface area contributed by atoms with E-state index in [0.29, 0.717) is 45.6 Å². The summed E-state index contributed by atoms with van der Waals surface area (Å²) in [5.74, 6) is -0.374. The van der Waals surface area contributed by atoms with Crippen molar-refractivity contribution >= 4 is 41.9 Å². The Balaban J connectivity index is 1.28. The number of sulfonamides is 2. The summed E-state index contributed by atoms with van der Waals surface area (Å²) in [6.45, 7) is 1.99. The van der Waals surface area contributed by atoms with Gasteiger partial charge in [-0.25, -0.2) is 16.8 Å². The molecule has 0 bridgehead atoms. The first-order valence-corrected chi connectivity index (χ1v) is 15.5. The van der Waals surface area contributed by atoms with Gasteiger partial charge in [-0.3, -0.25) is 4.79 Å². The van der Waals surface area contributed by atoms with Crippen LogP contribution in [0.15, 0.2) is 62.8 Å². The van der Waals surface area contributed by atoms with Gasteiger partial charge in [0.15, 0.2) is 0 Å². The van der Waals surface area contributed by atoms with Crippen LogP contribution in [0.5, 0.6) is 0 Å². The lowest BCUT2D eigenvalue weighted by Gasteiger charge is -2.30. The van der Waals surface area contributed by atoms with Gasteiger partial charge in [-0.15, -0.1) is 0 Å². The van der Waals surface area contributed by atoms with E-state index in [9.17, 15) is 21.6 Å². The standard InChI is InChI=1S/C24H30BrN3O5S2/c25-21-6-10-23(11-7-21)35(32,33)28-16-12-20(13-17-28)24(29)26-18-19-4-8-22(9-5-19)34(30,31)27-14-2-1-3-15-27/h4-11,20H,1-3,12-18H2,(H,26,29). The first-order chi connectivity index (χ1) is 16.7. The Morgan fingerprint density at radius 1 is 0.771 bits per heavy atom. The Morgan fingerprint density at radius 3 is 1.80 bits per heavy atom. The van der Waals surface area contributed by atoms with Crippen molar-refractivity contribution in [1.82, 2.24) is 13.9 Å². The Bertz CT molecular complexity index is 1240. The third-order valence-electron chi connectivity index (χ3n) is 6.62. The minimum absolute atomic E-state index is 0.115. The highest BCUT2D eigenvalue weighted by molar-refractivity contribution is 9.10. The van der Waals surface area contributed by atoms with Crippen molar-refractivity contribution in [2.75, 3.05) is 26.2 Å². The molecule has 4 rings (SSSR count). The van der Waals surface area contributed by atoms with E-state index in [1.165, 1.54) is 8.61 Å². The van der Waals surface area contributed by atoms with Crippen LogP contribution in [0, 0.1) is 5.92 Å². The number of piperidine rings is 2. The fourth-order valence-corrected chi connectivity index (χ4v) is 7.73. The molecule has 11 heteroatoms. The molecule has 2 saturated heterocycles. The second-order valence-electron chi connectivity index (χ2n) is 8.96. The van der Waals surface area contributed by atoms with Gasteiger partial charge in [0.25, 0.3) is 0 Å². The van der Waals surface area contributed by atoms with Gasteiger partial charge < -0.3 is 5.32 Å².